The second kappa shape index (κ2) is 5.48. The number of hydrogen-bond donors (Lipinski definition) is 2. The minimum atomic E-state index is -0.113. The molecule has 0 radical (unpaired) electrons. The molecule has 1 amide bonds. The maximum atomic E-state index is 11.4. The fraction of sp³-hybridized carbons (Fsp3) is 0.444. The van der Waals surface area contributed by atoms with E-state index in [2.05, 4.69) is 21.2 Å². The fourth-order valence-corrected chi connectivity index (χ4v) is 2.33. The van der Waals surface area contributed by atoms with E-state index in [-0.39, 0.29) is 11.8 Å². The van der Waals surface area contributed by atoms with E-state index in [0.717, 1.165) is 8.66 Å². The van der Waals surface area contributed by atoms with Crippen molar-refractivity contribution in [2.45, 2.75) is 13.5 Å². The van der Waals surface area contributed by atoms with E-state index in [0.29, 0.717) is 13.1 Å². The lowest BCUT2D eigenvalue weighted by atomic mass is 10.2. The van der Waals surface area contributed by atoms with Crippen LogP contribution in [-0.4, -0.2) is 12.5 Å². The molecule has 1 aromatic heterocycles. The zero-order valence-corrected chi connectivity index (χ0v) is 10.3. The molecule has 0 saturated heterocycles. The Labute approximate surface area is 95.8 Å². The SMILES string of the molecule is CC(CN)C(=O)NCc1ccc(Br)s1. The van der Waals surface area contributed by atoms with E-state index in [1.54, 1.807) is 11.3 Å². The van der Waals surface area contributed by atoms with E-state index >= 15 is 0 Å². The van der Waals surface area contributed by atoms with Gasteiger partial charge in [-0.1, -0.05) is 6.92 Å². The summed E-state index contributed by atoms with van der Waals surface area (Å²) < 4.78 is 1.08. The number of nitrogens with two attached hydrogens (primary N) is 1. The molecule has 0 saturated carbocycles. The summed E-state index contributed by atoms with van der Waals surface area (Å²) >= 11 is 4.99. The number of rotatable bonds is 4. The van der Waals surface area contributed by atoms with Crippen molar-refractivity contribution < 1.29 is 4.79 Å². The van der Waals surface area contributed by atoms with Gasteiger partial charge in [-0.05, 0) is 28.1 Å². The first-order valence-corrected chi connectivity index (χ1v) is 5.96. The smallest absolute Gasteiger partial charge is 0.224 e. The topological polar surface area (TPSA) is 55.1 Å². The fourth-order valence-electron chi connectivity index (χ4n) is 0.902. The first-order chi connectivity index (χ1) is 6.63. The van der Waals surface area contributed by atoms with Crippen molar-refractivity contribution >= 4 is 33.2 Å². The van der Waals surface area contributed by atoms with Gasteiger partial charge in [0.25, 0.3) is 0 Å². The molecule has 3 N–H and O–H groups in total. The third kappa shape index (κ3) is 3.40. The molecule has 3 nitrogen and oxygen atoms in total. The van der Waals surface area contributed by atoms with Gasteiger partial charge in [0.2, 0.25) is 5.91 Å². The van der Waals surface area contributed by atoms with Gasteiger partial charge in [0, 0.05) is 17.3 Å². The Bertz CT molecular complexity index is 314. The van der Waals surface area contributed by atoms with Crippen LogP contribution in [0.25, 0.3) is 0 Å². The number of hydrogen-bond acceptors (Lipinski definition) is 3. The lowest BCUT2D eigenvalue weighted by Gasteiger charge is -2.08. The number of carbonyl (C=O) groups excluding carboxylic acids is 1. The summed E-state index contributed by atoms with van der Waals surface area (Å²) in [4.78, 5) is 12.5. The minimum absolute atomic E-state index is 0.0111. The molecule has 1 heterocycles. The Morgan fingerprint density at radius 2 is 2.43 bits per heavy atom. The summed E-state index contributed by atoms with van der Waals surface area (Å²) in [5, 5.41) is 2.83. The van der Waals surface area contributed by atoms with E-state index in [9.17, 15) is 4.79 Å². The van der Waals surface area contributed by atoms with Crippen molar-refractivity contribution in [3.05, 3.63) is 20.8 Å². The number of carbonyl (C=O) groups is 1. The Morgan fingerprint density at radius 3 is 2.93 bits per heavy atom. The van der Waals surface area contributed by atoms with Gasteiger partial charge in [0.05, 0.1) is 10.3 Å². The highest BCUT2D eigenvalue weighted by atomic mass is 79.9. The molecule has 1 rings (SSSR count). The number of thiophene rings is 1. The zero-order chi connectivity index (χ0) is 10.6. The third-order valence-corrected chi connectivity index (χ3v) is 3.49. The Morgan fingerprint density at radius 1 is 1.71 bits per heavy atom. The van der Waals surface area contributed by atoms with Crippen LogP contribution in [0.2, 0.25) is 0 Å². The molecule has 1 unspecified atom stereocenters. The average molecular weight is 277 g/mol. The van der Waals surface area contributed by atoms with Crippen LogP contribution in [-0.2, 0) is 11.3 Å². The zero-order valence-electron chi connectivity index (χ0n) is 7.92. The molecule has 14 heavy (non-hydrogen) atoms. The standard InChI is InChI=1S/C9H13BrN2OS/c1-6(4-11)9(13)12-5-7-2-3-8(10)14-7/h2-3,6H,4-5,11H2,1H3,(H,12,13). The summed E-state index contributed by atoms with van der Waals surface area (Å²) in [6.45, 7) is 2.79. The first kappa shape index (κ1) is 11.7. The predicted molar refractivity (Wildman–Crippen MR) is 62.1 cm³/mol. The van der Waals surface area contributed by atoms with Crippen molar-refractivity contribution in [1.82, 2.24) is 5.32 Å². The van der Waals surface area contributed by atoms with Crippen molar-refractivity contribution in [3.63, 3.8) is 0 Å². The van der Waals surface area contributed by atoms with Crippen LogP contribution < -0.4 is 11.1 Å². The van der Waals surface area contributed by atoms with Gasteiger partial charge in [-0.2, -0.15) is 0 Å². The van der Waals surface area contributed by atoms with Gasteiger partial charge in [0.1, 0.15) is 0 Å². The second-order valence-electron chi connectivity index (χ2n) is 3.06. The van der Waals surface area contributed by atoms with Crippen molar-refractivity contribution in [2.24, 2.45) is 11.7 Å². The van der Waals surface area contributed by atoms with E-state index < -0.39 is 0 Å². The second-order valence-corrected chi connectivity index (χ2v) is 5.61. The molecule has 0 bridgehead atoms. The molecule has 0 aromatic carbocycles. The number of nitrogens with one attached hydrogen (secondary N) is 1. The van der Waals surface area contributed by atoms with Gasteiger partial charge in [-0.25, -0.2) is 0 Å². The van der Waals surface area contributed by atoms with Crippen LogP contribution in [0.3, 0.4) is 0 Å². The van der Waals surface area contributed by atoms with Gasteiger partial charge >= 0.3 is 0 Å². The Balaban J connectivity index is 2.37. The monoisotopic (exact) mass is 276 g/mol. The van der Waals surface area contributed by atoms with Crippen molar-refractivity contribution in [1.29, 1.82) is 0 Å². The molecule has 0 fully saturated rings. The largest absolute Gasteiger partial charge is 0.351 e. The van der Waals surface area contributed by atoms with Crippen LogP contribution in [0, 0.1) is 5.92 Å². The molecule has 1 aromatic rings. The number of amides is 1. The lowest BCUT2D eigenvalue weighted by molar-refractivity contribution is -0.124. The van der Waals surface area contributed by atoms with Gasteiger partial charge < -0.3 is 11.1 Å². The van der Waals surface area contributed by atoms with E-state index in [1.807, 2.05) is 19.1 Å². The maximum Gasteiger partial charge on any atom is 0.224 e. The molecule has 0 aliphatic rings. The van der Waals surface area contributed by atoms with Crippen molar-refractivity contribution in [3.8, 4) is 0 Å². The molecule has 0 aliphatic heterocycles. The minimum Gasteiger partial charge on any atom is -0.351 e. The normalized spacial score (nSPS) is 12.5. The Hall–Kier alpha value is -0.390. The highest BCUT2D eigenvalue weighted by molar-refractivity contribution is 9.11. The summed E-state index contributed by atoms with van der Waals surface area (Å²) in [5.41, 5.74) is 5.38. The van der Waals surface area contributed by atoms with E-state index in [4.69, 9.17) is 5.73 Å². The molecule has 1 atom stereocenters. The van der Waals surface area contributed by atoms with Crippen LogP contribution in [0.5, 0.6) is 0 Å². The van der Waals surface area contributed by atoms with Gasteiger partial charge in [-0.3, -0.25) is 4.79 Å². The molecule has 78 valence electrons. The summed E-state index contributed by atoms with van der Waals surface area (Å²) in [6, 6.07) is 3.96. The average Bonchev–Trinajstić information content (AvgIpc) is 2.59. The Kier molecular flexibility index (Phi) is 4.57. The van der Waals surface area contributed by atoms with Crippen LogP contribution in [0.15, 0.2) is 15.9 Å². The molecule has 0 aliphatic carbocycles. The summed E-state index contributed by atoms with van der Waals surface area (Å²) in [6.07, 6.45) is 0. The predicted octanol–water partition coefficient (Wildman–Crippen LogP) is 1.72. The molecular weight excluding hydrogens is 264 g/mol. The quantitative estimate of drug-likeness (QED) is 0.880. The summed E-state index contributed by atoms with van der Waals surface area (Å²) in [5.74, 6) is -0.101. The first-order valence-electron chi connectivity index (χ1n) is 4.35. The van der Waals surface area contributed by atoms with Gasteiger partial charge in [0.15, 0.2) is 0 Å². The van der Waals surface area contributed by atoms with Gasteiger partial charge in [-0.15, -0.1) is 11.3 Å². The molecule has 5 heteroatoms. The van der Waals surface area contributed by atoms with Crippen molar-refractivity contribution in [2.75, 3.05) is 6.54 Å². The summed E-state index contributed by atoms with van der Waals surface area (Å²) in [7, 11) is 0. The van der Waals surface area contributed by atoms with Crippen LogP contribution in [0.4, 0.5) is 0 Å². The van der Waals surface area contributed by atoms with E-state index in [1.165, 1.54) is 0 Å². The third-order valence-electron chi connectivity index (χ3n) is 1.87. The van der Waals surface area contributed by atoms with Crippen LogP contribution >= 0.6 is 27.3 Å². The lowest BCUT2D eigenvalue weighted by Crippen LogP contribution is -2.32. The number of halogens is 1. The molecular formula is C9H13BrN2OS. The highest BCUT2D eigenvalue weighted by Crippen LogP contribution is 2.21. The highest BCUT2D eigenvalue weighted by Gasteiger charge is 2.10. The maximum absolute atomic E-state index is 11.4. The van der Waals surface area contributed by atoms with Crippen LogP contribution in [0.1, 0.15) is 11.8 Å². The molecule has 0 spiro atoms.